The summed E-state index contributed by atoms with van der Waals surface area (Å²) in [5.41, 5.74) is 5.32. The van der Waals surface area contributed by atoms with E-state index in [9.17, 15) is 14.4 Å². The third-order valence-corrected chi connectivity index (χ3v) is 5.08. The van der Waals surface area contributed by atoms with E-state index in [1.165, 1.54) is 13.8 Å². The minimum atomic E-state index is -0.968. The molecule has 1 amide bonds. The normalized spacial score (nSPS) is 11.9. The number of anilines is 1. The zero-order valence-corrected chi connectivity index (χ0v) is 18.4. The summed E-state index contributed by atoms with van der Waals surface area (Å²) in [5, 5.41) is 7.10. The maximum absolute atomic E-state index is 12.4. The molecule has 2 aromatic heterocycles. The molecule has 0 saturated heterocycles. The van der Waals surface area contributed by atoms with Gasteiger partial charge in [-0.2, -0.15) is 5.10 Å². The summed E-state index contributed by atoms with van der Waals surface area (Å²) < 4.78 is 7.07. The zero-order chi connectivity index (χ0) is 22.7. The lowest BCUT2D eigenvalue weighted by molar-refractivity contribution is -0.153. The number of ketones is 1. The maximum Gasteiger partial charge on any atom is 0.306 e. The number of aryl methyl sites for hydroxylation is 3. The van der Waals surface area contributed by atoms with Crippen molar-refractivity contribution >= 4 is 29.0 Å². The van der Waals surface area contributed by atoms with Gasteiger partial charge in [0.2, 0.25) is 0 Å². The van der Waals surface area contributed by atoms with Crippen LogP contribution in [0.1, 0.15) is 53.3 Å². The van der Waals surface area contributed by atoms with Gasteiger partial charge in [0.1, 0.15) is 0 Å². The average molecular weight is 422 g/mol. The number of hydrogen-bond donors (Lipinski definition) is 1. The molecule has 31 heavy (non-hydrogen) atoms. The van der Waals surface area contributed by atoms with Gasteiger partial charge in [0.25, 0.3) is 5.91 Å². The molecular formula is C23H26N4O4. The van der Waals surface area contributed by atoms with Crippen molar-refractivity contribution in [3.63, 3.8) is 0 Å². The fourth-order valence-electron chi connectivity index (χ4n) is 3.40. The molecule has 3 aromatic rings. The number of ether oxygens (including phenoxy) is 1. The Bertz CT molecular complexity index is 1170. The number of nitrogens with zero attached hydrogens (tertiary/aromatic N) is 3. The molecule has 1 aromatic carbocycles. The number of carbonyl (C=O) groups excluding carboxylic acids is 3. The molecule has 0 unspecified atom stereocenters. The monoisotopic (exact) mass is 422 g/mol. The van der Waals surface area contributed by atoms with E-state index >= 15 is 0 Å². The topological polar surface area (TPSA) is 103 Å². The zero-order valence-electron chi connectivity index (χ0n) is 18.4. The molecule has 3 rings (SSSR count). The first kappa shape index (κ1) is 22.1. The van der Waals surface area contributed by atoms with Gasteiger partial charge in [-0.25, -0.2) is 9.50 Å². The third-order valence-electron chi connectivity index (χ3n) is 5.08. The largest absolute Gasteiger partial charge is 0.453 e. The van der Waals surface area contributed by atoms with Gasteiger partial charge >= 0.3 is 5.97 Å². The molecule has 0 aliphatic rings. The molecule has 1 atom stereocenters. The van der Waals surface area contributed by atoms with Crippen LogP contribution in [0.5, 0.6) is 0 Å². The van der Waals surface area contributed by atoms with Crippen molar-refractivity contribution in [3.8, 4) is 0 Å². The van der Waals surface area contributed by atoms with E-state index in [1.807, 2.05) is 26.8 Å². The maximum atomic E-state index is 12.4. The molecular weight excluding hydrogens is 396 g/mol. The third kappa shape index (κ3) is 5.14. The molecule has 0 radical (unpaired) electrons. The van der Waals surface area contributed by atoms with Crippen LogP contribution < -0.4 is 5.32 Å². The lowest BCUT2D eigenvalue weighted by Gasteiger charge is -2.15. The molecule has 0 saturated carbocycles. The smallest absolute Gasteiger partial charge is 0.306 e. The van der Waals surface area contributed by atoms with Gasteiger partial charge in [-0.1, -0.05) is 12.1 Å². The first-order valence-corrected chi connectivity index (χ1v) is 10.1. The number of aromatic nitrogens is 3. The standard InChI is InChI=1S/C23H26N4O4/c1-13-11-21-24-14(2)20(15(3)27(21)26-13)9-10-22(29)31-17(5)23(30)25-19-8-6-7-18(12-19)16(4)28/h6-8,11-12,17H,9-10H2,1-5H3,(H,25,30)/t17-/m1/s1. The van der Waals surface area contributed by atoms with Gasteiger partial charge in [0.05, 0.1) is 5.69 Å². The fourth-order valence-corrected chi connectivity index (χ4v) is 3.40. The van der Waals surface area contributed by atoms with Gasteiger partial charge < -0.3 is 10.1 Å². The molecule has 8 heteroatoms. The summed E-state index contributed by atoms with van der Waals surface area (Å²) >= 11 is 0. The van der Waals surface area contributed by atoms with Crippen LogP contribution in [0, 0.1) is 20.8 Å². The van der Waals surface area contributed by atoms with E-state index < -0.39 is 18.0 Å². The van der Waals surface area contributed by atoms with Crippen molar-refractivity contribution in [2.24, 2.45) is 0 Å². The Hall–Kier alpha value is -3.55. The minimum Gasteiger partial charge on any atom is -0.453 e. The van der Waals surface area contributed by atoms with Crippen LogP contribution in [0.3, 0.4) is 0 Å². The summed E-state index contributed by atoms with van der Waals surface area (Å²) in [7, 11) is 0. The Balaban J connectivity index is 1.59. The Kier molecular flexibility index (Phi) is 6.48. The Morgan fingerprint density at radius 2 is 1.90 bits per heavy atom. The van der Waals surface area contributed by atoms with Crippen molar-refractivity contribution in [1.29, 1.82) is 0 Å². The summed E-state index contributed by atoms with van der Waals surface area (Å²) in [4.78, 5) is 40.7. The molecule has 162 valence electrons. The number of amides is 1. The number of Topliss-reactive ketones (excluding diaryl/α,β-unsaturated/α-hetero) is 1. The van der Waals surface area contributed by atoms with E-state index in [2.05, 4.69) is 15.4 Å². The minimum absolute atomic E-state index is 0.0980. The van der Waals surface area contributed by atoms with E-state index in [0.717, 1.165) is 28.3 Å². The molecule has 2 heterocycles. The van der Waals surface area contributed by atoms with Crippen LogP contribution in [-0.4, -0.2) is 38.4 Å². The SMILES string of the molecule is CC(=O)c1cccc(NC(=O)[C@@H](C)OC(=O)CCc2c(C)nc3cc(C)nn3c2C)c1. The number of fused-ring (bicyclic) bond motifs is 1. The lowest BCUT2D eigenvalue weighted by atomic mass is 10.1. The van der Waals surface area contributed by atoms with E-state index in [1.54, 1.807) is 28.8 Å². The number of carbonyl (C=O) groups is 3. The van der Waals surface area contributed by atoms with E-state index in [-0.39, 0.29) is 12.2 Å². The highest BCUT2D eigenvalue weighted by molar-refractivity contribution is 5.98. The molecule has 1 N–H and O–H groups in total. The van der Waals surface area contributed by atoms with Crippen molar-refractivity contribution < 1.29 is 19.1 Å². The quantitative estimate of drug-likeness (QED) is 0.463. The highest BCUT2D eigenvalue weighted by Gasteiger charge is 2.19. The van der Waals surface area contributed by atoms with Gasteiger partial charge in [0.15, 0.2) is 17.5 Å². The second-order valence-electron chi connectivity index (χ2n) is 7.58. The Labute approximate surface area is 180 Å². The number of esters is 1. The first-order valence-electron chi connectivity index (χ1n) is 10.1. The van der Waals surface area contributed by atoms with Crippen LogP contribution in [0.2, 0.25) is 0 Å². The summed E-state index contributed by atoms with van der Waals surface area (Å²) in [6.45, 7) is 8.72. The van der Waals surface area contributed by atoms with Crippen LogP contribution >= 0.6 is 0 Å². The van der Waals surface area contributed by atoms with Crippen molar-refractivity contribution in [3.05, 3.63) is 58.5 Å². The van der Waals surface area contributed by atoms with Crippen LogP contribution in [0.4, 0.5) is 5.69 Å². The molecule has 0 spiro atoms. The summed E-state index contributed by atoms with van der Waals surface area (Å²) in [6, 6.07) is 8.51. The predicted octanol–water partition coefficient (Wildman–Crippen LogP) is 3.36. The van der Waals surface area contributed by atoms with Crippen molar-refractivity contribution in [2.75, 3.05) is 5.32 Å². The second kappa shape index (κ2) is 9.07. The Morgan fingerprint density at radius 1 is 1.16 bits per heavy atom. The first-order chi connectivity index (χ1) is 14.7. The van der Waals surface area contributed by atoms with Crippen LogP contribution in [-0.2, 0) is 20.7 Å². The van der Waals surface area contributed by atoms with Crippen molar-refractivity contribution in [1.82, 2.24) is 14.6 Å². The second-order valence-corrected chi connectivity index (χ2v) is 7.58. The van der Waals surface area contributed by atoms with Gasteiger partial charge in [-0.05, 0) is 58.7 Å². The fraction of sp³-hybridized carbons (Fsp3) is 0.348. The van der Waals surface area contributed by atoms with Crippen molar-refractivity contribution in [2.45, 2.75) is 53.6 Å². The Morgan fingerprint density at radius 3 is 2.61 bits per heavy atom. The number of nitrogens with one attached hydrogen (secondary N) is 1. The molecule has 0 aliphatic heterocycles. The summed E-state index contributed by atoms with van der Waals surface area (Å²) in [5.74, 6) is -1.04. The highest BCUT2D eigenvalue weighted by atomic mass is 16.5. The molecule has 0 aliphatic carbocycles. The van der Waals surface area contributed by atoms with Gasteiger partial charge in [-0.15, -0.1) is 0 Å². The lowest BCUT2D eigenvalue weighted by Crippen LogP contribution is -2.30. The summed E-state index contributed by atoms with van der Waals surface area (Å²) in [6.07, 6.45) is -0.412. The number of hydrogen-bond acceptors (Lipinski definition) is 6. The van der Waals surface area contributed by atoms with Crippen LogP contribution in [0.15, 0.2) is 30.3 Å². The number of benzene rings is 1. The van der Waals surface area contributed by atoms with Crippen LogP contribution in [0.25, 0.3) is 5.65 Å². The molecule has 0 bridgehead atoms. The van der Waals surface area contributed by atoms with Gasteiger partial charge in [0, 0.05) is 35.1 Å². The number of rotatable bonds is 7. The molecule has 0 fully saturated rings. The predicted molar refractivity (Wildman–Crippen MR) is 116 cm³/mol. The van der Waals surface area contributed by atoms with Gasteiger partial charge in [-0.3, -0.25) is 14.4 Å². The average Bonchev–Trinajstić information content (AvgIpc) is 3.08. The van der Waals surface area contributed by atoms with E-state index in [4.69, 9.17) is 4.74 Å². The highest BCUT2D eigenvalue weighted by Crippen LogP contribution is 2.18. The van der Waals surface area contributed by atoms with E-state index in [0.29, 0.717) is 17.7 Å². The molecule has 8 nitrogen and oxygen atoms in total.